The van der Waals surface area contributed by atoms with Crippen molar-refractivity contribution in [2.75, 3.05) is 23.7 Å². The third-order valence-corrected chi connectivity index (χ3v) is 6.06. The molecule has 0 radical (unpaired) electrons. The van der Waals surface area contributed by atoms with Gasteiger partial charge in [-0.15, -0.1) is 0 Å². The van der Waals surface area contributed by atoms with Crippen molar-refractivity contribution >= 4 is 35.0 Å². The third kappa shape index (κ3) is 6.54. The monoisotopic (exact) mass is 519 g/mol. The van der Waals surface area contributed by atoms with E-state index in [0.29, 0.717) is 40.9 Å². The summed E-state index contributed by atoms with van der Waals surface area (Å²) in [7, 11) is 0. The van der Waals surface area contributed by atoms with E-state index in [2.05, 4.69) is 15.7 Å². The Kier molecular flexibility index (Phi) is 8.20. The molecule has 0 aliphatic rings. The smallest absolute Gasteiger partial charge is 0.315 e. The van der Waals surface area contributed by atoms with Gasteiger partial charge in [0.25, 0.3) is 0 Å². The Balaban J connectivity index is 1.54. The van der Waals surface area contributed by atoms with Gasteiger partial charge in [-0.1, -0.05) is 54.9 Å². The average Bonchev–Trinajstić information content (AvgIpc) is 3.30. The molecule has 0 unspecified atom stereocenters. The maximum atomic E-state index is 13.5. The highest BCUT2D eigenvalue weighted by Crippen LogP contribution is 2.25. The molecule has 0 fully saturated rings. The SMILES string of the molecule is CCCN(CC(=O)Nc1cc(-c2ccccc2)nn1-c1ccc(F)cc1)C(=O)Nc1ccc(C)c(Cl)c1. The minimum Gasteiger partial charge on any atom is -0.315 e. The number of anilines is 2. The van der Waals surface area contributed by atoms with Gasteiger partial charge in [0.05, 0.1) is 11.4 Å². The van der Waals surface area contributed by atoms with E-state index >= 15 is 0 Å². The van der Waals surface area contributed by atoms with Crippen LogP contribution < -0.4 is 10.6 Å². The van der Waals surface area contributed by atoms with E-state index in [1.54, 1.807) is 30.3 Å². The van der Waals surface area contributed by atoms with Crippen LogP contribution in [0.1, 0.15) is 18.9 Å². The van der Waals surface area contributed by atoms with Crippen molar-refractivity contribution < 1.29 is 14.0 Å². The van der Waals surface area contributed by atoms with Crippen LogP contribution in [-0.2, 0) is 4.79 Å². The summed E-state index contributed by atoms with van der Waals surface area (Å²) in [5.74, 6) is -0.369. The Hall–Kier alpha value is -4.17. The molecule has 0 bridgehead atoms. The fourth-order valence-corrected chi connectivity index (χ4v) is 3.93. The normalized spacial score (nSPS) is 10.7. The standard InChI is InChI=1S/C28H27ClFN5O2/c1-3-15-34(28(37)31-22-12-9-19(2)24(29)16-22)18-27(36)32-26-17-25(20-7-5-4-6-8-20)33-35(26)23-13-10-21(30)11-14-23/h4-14,16-17H,3,15,18H2,1-2H3,(H,31,37)(H,32,36). The number of benzene rings is 3. The second-order valence-corrected chi connectivity index (χ2v) is 8.94. The number of hydrogen-bond donors (Lipinski definition) is 2. The van der Waals surface area contributed by atoms with Crippen molar-refractivity contribution in [3.05, 3.63) is 95.3 Å². The van der Waals surface area contributed by atoms with Gasteiger partial charge in [0.15, 0.2) is 0 Å². The van der Waals surface area contributed by atoms with E-state index in [-0.39, 0.29) is 12.4 Å². The van der Waals surface area contributed by atoms with Gasteiger partial charge in [0.1, 0.15) is 18.2 Å². The molecule has 2 N–H and O–H groups in total. The van der Waals surface area contributed by atoms with Crippen molar-refractivity contribution in [2.45, 2.75) is 20.3 Å². The van der Waals surface area contributed by atoms with Gasteiger partial charge in [0.2, 0.25) is 5.91 Å². The number of carbonyl (C=O) groups excluding carboxylic acids is 2. The molecule has 1 heterocycles. The van der Waals surface area contributed by atoms with Gasteiger partial charge >= 0.3 is 6.03 Å². The lowest BCUT2D eigenvalue weighted by Crippen LogP contribution is -2.41. The second-order valence-electron chi connectivity index (χ2n) is 8.53. The van der Waals surface area contributed by atoms with Gasteiger partial charge in [0, 0.05) is 28.9 Å². The predicted octanol–water partition coefficient (Wildman–Crippen LogP) is 6.52. The van der Waals surface area contributed by atoms with Crippen molar-refractivity contribution in [2.24, 2.45) is 0 Å². The molecule has 3 amide bonds. The third-order valence-electron chi connectivity index (χ3n) is 5.66. The maximum Gasteiger partial charge on any atom is 0.322 e. The first kappa shape index (κ1) is 25.9. The Labute approximate surface area is 219 Å². The zero-order valence-corrected chi connectivity index (χ0v) is 21.3. The number of nitrogens with zero attached hydrogens (tertiary/aromatic N) is 3. The van der Waals surface area contributed by atoms with Gasteiger partial charge in [-0.3, -0.25) is 4.79 Å². The maximum absolute atomic E-state index is 13.5. The Morgan fingerprint density at radius 3 is 2.41 bits per heavy atom. The second kappa shape index (κ2) is 11.7. The van der Waals surface area contributed by atoms with Crippen LogP contribution in [0.3, 0.4) is 0 Å². The molecular weight excluding hydrogens is 493 g/mol. The molecule has 4 aromatic rings. The Bertz CT molecular complexity index is 1390. The van der Waals surface area contributed by atoms with Crippen molar-refractivity contribution in [3.63, 3.8) is 0 Å². The molecule has 0 aliphatic heterocycles. The minimum atomic E-state index is -0.408. The number of aromatic nitrogens is 2. The molecular formula is C28H27ClFN5O2. The molecule has 0 saturated carbocycles. The molecule has 9 heteroatoms. The average molecular weight is 520 g/mol. The van der Waals surface area contributed by atoms with E-state index in [4.69, 9.17) is 11.6 Å². The van der Waals surface area contributed by atoms with E-state index in [0.717, 1.165) is 11.1 Å². The van der Waals surface area contributed by atoms with Crippen LogP contribution >= 0.6 is 11.6 Å². The lowest BCUT2D eigenvalue weighted by atomic mass is 10.1. The summed E-state index contributed by atoms with van der Waals surface area (Å²) in [6, 6.07) is 21.9. The van der Waals surface area contributed by atoms with Crippen LogP contribution in [0.15, 0.2) is 78.9 Å². The Morgan fingerprint density at radius 2 is 1.73 bits per heavy atom. The topological polar surface area (TPSA) is 79.3 Å². The fourth-order valence-electron chi connectivity index (χ4n) is 3.75. The molecule has 3 aromatic carbocycles. The summed E-state index contributed by atoms with van der Waals surface area (Å²) < 4.78 is 15.1. The summed E-state index contributed by atoms with van der Waals surface area (Å²) in [6.07, 6.45) is 0.668. The van der Waals surface area contributed by atoms with Crippen molar-refractivity contribution in [1.82, 2.24) is 14.7 Å². The molecule has 0 spiro atoms. The first-order valence-electron chi connectivity index (χ1n) is 11.9. The lowest BCUT2D eigenvalue weighted by Gasteiger charge is -2.22. The highest BCUT2D eigenvalue weighted by molar-refractivity contribution is 6.31. The van der Waals surface area contributed by atoms with Gasteiger partial charge in [-0.05, 0) is 55.3 Å². The molecule has 0 aliphatic carbocycles. The zero-order valence-electron chi connectivity index (χ0n) is 20.5. The minimum absolute atomic E-state index is 0.172. The van der Waals surface area contributed by atoms with Crippen LogP contribution in [0.25, 0.3) is 16.9 Å². The Morgan fingerprint density at radius 1 is 1.00 bits per heavy atom. The van der Waals surface area contributed by atoms with Gasteiger partial charge in [-0.25, -0.2) is 13.9 Å². The van der Waals surface area contributed by atoms with Crippen molar-refractivity contribution in [1.29, 1.82) is 0 Å². The van der Waals surface area contributed by atoms with E-state index < -0.39 is 11.9 Å². The van der Waals surface area contributed by atoms with Crippen LogP contribution in [0.5, 0.6) is 0 Å². The van der Waals surface area contributed by atoms with E-state index in [1.165, 1.54) is 21.7 Å². The molecule has 7 nitrogen and oxygen atoms in total. The quantitative estimate of drug-likeness (QED) is 0.278. The van der Waals surface area contributed by atoms with E-state index in [9.17, 15) is 14.0 Å². The first-order chi connectivity index (χ1) is 17.8. The zero-order chi connectivity index (χ0) is 26.4. The summed E-state index contributed by atoms with van der Waals surface area (Å²) >= 11 is 6.17. The summed E-state index contributed by atoms with van der Waals surface area (Å²) in [5, 5.41) is 10.8. The molecule has 0 atom stereocenters. The number of urea groups is 1. The number of nitrogens with one attached hydrogen (secondary N) is 2. The molecule has 37 heavy (non-hydrogen) atoms. The van der Waals surface area contributed by atoms with Gasteiger partial charge in [-0.2, -0.15) is 5.10 Å². The highest BCUT2D eigenvalue weighted by atomic mass is 35.5. The molecule has 0 saturated heterocycles. The van der Waals surface area contributed by atoms with E-state index in [1.807, 2.05) is 50.2 Å². The number of aryl methyl sites for hydroxylation is 1. The summed E-state index contributed by atoms with van der Waals surface area (Å²) in [4.78, 5) is 27.4. The number of hydrogen-bond acceptors (Lipinski definition) is 3. The number of halogens is 2. The van der Waals surface area contributed by atoms with Crippen LogP contribution in [0.2, 0.25) is 5.02 Å². The largest absolute Gasteiger partial charge is 0.322 e. The van der Waals surface area contributed by atoms with Gasteiger partial charge < -0.3 is 15.5 Å². The molecule has 4 rings (SSSR count). The summed E-state index contributed by atoms with van der Waals surface area (Å²) in [6.45, 7) is 4.01. The van der Waals surface area contributed by atoms with Crippen LogP contribution in [-0.4, -0.2) is 39.7 Å². The molecule has 190 valence electrons. The number of rotatable bonds is 8. The lowest BCUT2D eigenvalue weighted by molar-refractivity contribution is -0.116. The molecule has 1 aromatic heterocycles. The number of amides is 3. The van der Waals surface area contributed by atoms with Crippen LogP contribution in [0.4, 0.5) is 20.7 Å². The highest BCUT2D eigenvalue weighted by Gasteiger charge is 2.19. The van der Waals surface area contributed by atoms with Crippen LogP contribution in [0, 0.1) is 12.7 Å². The summed E-state index contributed by atoms with van der Waals surface area (Å²) in [5.41, 5.74) is 3.53. The number of carbonyl (C=O) groups is 2. The first-order valence-corrected chi connectivity index (χ1v) is 12.2. The fraction of sp³-hybridized carbons (Fsp3) is 0.179. The predicted molar refractivity (Wildman–Crippen MR) is 145 cm³/mol. The van der Waals surface area contributed by atoms with Crippen molar-refractivity contribution in [3.8, 4) is 16.9 Å².